The molecule has 1 aliphatic carbocycles. The lowest BCUT2D eigenvalue weighted by Crippen LogP contribution is -2.53. The van der Waals surface area contributed by atoms with Crippen LogP contribution in [0.1, 0.15) is 63.0 Å². The Bertz CT molecular complexity index is 422. The first-order chi connectivity index (χ1) is 10.2. The van der Waals surface area contributed by atoms with Gasteiger partial charge >= 0.3 is 0 Å². The summed E-state index contributed by atoms with van der Waals surface area (Å²) in [5, 5.41) is 0. The van der Waals surface area contributed by atoms with Crippen LogP contribution in [0.4, 0.5) is 0 Å². The SMILES string of the molecule is CCCN(Cc1cncc(C)c1)C1(CN)CCCCCC1. The van der Waals surface area contributed by atoms with E-state index in [0.29, 0.717) is 0 Å². The van der Waals surface area contributed by atoms with E-state index in [1.54, 1.807) is 0 Å². The molecule has 0 saturated heterocycles. The van der Waals surface area contributed by atoms with Gasteiger partial charge < -0.3 is 5.73 Å². The predicted molar refractivity (Wildman–Crippen MR) is 89.2 cm³/mol. The molecule has 0 bridgehead atoms. The molecule has 1 aromatic rings. The predicted octanol–water partition coefficient (Wildman–Crippen LogP) is 3.65. The summed E-state index contributed by atoms with van der Waals surface area (Å²) < 4.78 is 0. The molecule has 0 unspecified atom stereocenters. The summed E-state index contributed by atoms with van der Waals surface area (Å²) in [6.07, 6.45) is 13.0. The highest BCUT2D eigenvalue weighted by atomic mass is 15.2. The number of pyridine rings is 1. The number of aromatic nitrogens is 1. The van der Waals surface area contributed by atoms with E-state index >= 15 is 0 Å². The minimum absolute atomic E-state index is 0.205. The Morgan fingerprint density at radius 1 is 1.19 bits per heavy atom. The molecule has 3 nitrogen and oxygen atoms in total. The average molecular weight is 289 g/mol. The van der Waals surface area contributed by atoms with Crippen LogP contribution in [0.15, 0.2) is 18.5 Å². The van der Waals surface area contributed by atoms with Gasteiger partial charge in [0.1, 0.15) is 0 Å². The molecule has 1 saturated carbocycles. The summed E-state index contributed by atoms with van der Waals surface area (Å²) in [4.78, 5) is 7.00. The first-order valence-electron chi connectivity index (χ1n) is 8.56. The van der Waals surface area contributed by atoms with E-state index in [0.717, 1.165) is 19.6 Å². The van der Waals surface area contributed by atoms with Crippen LogP contribution in [-0.4, -0.2) is 28.5 Å². The molecule has 0 aromatic carbocycles. The highest BCUT2D eigenvalue weighted by Gasteiger charge is 2.35. The maximum atomic E-state index is 6.27. The molecule has 0 aliphatic heterocycles. The van der Waals surface area contributed by atoms with Gasteiger partial charge in [0.05, 0.1) is 0 Å². The van der Waals surface area contributed by atoms with Crippen LogP contribution >= 0.6 is 0 Å². The fourth-order valence-electron chi connectivity index (χ4n) is 3.71. The Kier molecular flexibility index (Phi) is 6.19. The summed E-state index contributed by atoms with van der Waals surface area (Å²) in [5.74, 6) is 0. The minimum Gasteiger partial charge on any atom is -0.329 e. The van der Waals surface area contributed by atoms with E-state index in [9.17, 15) is 0 Å². The van der Waals surface area contributed by atoms with Gasteiger partial charge in [0.25, 0.3) is 0 Å². The average Bonchev–Trinajstić information content (AvgIpc) is 2.73. The van der Waals surface area contributed by atoms with Crippen molar-refractivity contribution < 1.29 is 0 Å². The zero-order valence-electron chi connectivity index (χ0n) is 13.8. The lowest BCUT2D eigenvalue weighted by Gasteiger charge is -2.43. The molecular weight excluding hydrogens is 258 g/mol. The Morgan fingerprint density at radius 2 is 1.90 bits per heavy atom. The molecule has 3 heteroatoms. The molecule has 1 aromatic heterocycles. The van der Waals surface area contributed by atoms with Gasteiger partial charge in [0.2, 0.25) is 0 Å². The van der Waals surface area contributed by atoms with E-state index in [1.807, 2.05) is 12.4 Å². The maximum Gasteiger partial charge on any atom is 0.0335 e. The van der Waals surface area contributed by atoms with Crippen LogP contribution in [-0.2, 0) is 6.54 Å². The van der Waals surface area contributed by atoms with Crippen molar-refractivity contribution in [3.05, 3.63) is 29.6 Å². The summed E-state index contributed by atoms with van der Waals surface area (Å²) in [5.41, 5.74) is 9.03. The van der Waals surface area contributed by atoms with Crippen LogP contribution in [0.2, 0.25) is 0 Å². The van der Waals surface area contributed by atoms with E-state index in [2.05, 4.69) is 29.8 Å². The molecule has 21 heavy (non-hydrogen) atoms. The topological polar surface area (TPSA) is 42.2 Å². The van der Waals surface area contributed by atoms with Gasteiger partial charge in [-0.1, -0.05) is 38.7 Å². The molecular formula is C18H31N3. The first-order valence-corrected chi connectivity index (χ1v) is 8.56. The Balaban J connectivity index is 2.18. The largest absolute Gasteiger partial charge is 0.329 e. The van der Waals surface area contributed by atoms with E-state index < -0.39 is 0 Å². The van der Waals surface area contributed by atoms with Crippen molar-refractivity contribution in [2.45, 2.75) is 70.9 Å². The van der Waals surface area contributed by atoms with Crippen LogP contribution in [0.3, 0.4) is 0 Å². The number of nitrogens with two attached hydrogens (primary N) is 1. The quantitative estimate of drug-likeness (QED) is 0.813. The number of hydrogen-bond acceptors (Lipinski definition) is 3. The molecule has 0 radical (unpaired) electrons. The molecule has 0 amide bonds. The Morgan fingerprint density at radius 3 is 2.48 bits per heavy atom. The smallest absolute Gasteiger partial charge is 0.0335 e. The lowest BCUT2D eigenvalue weighted by atomic mass is 9.87. The van der Waals surface area contributed by atoms with Crippen LogP contribution < -0.4 is 5.73 Å². The molecule has 1 aliphatic rings. The maximum absolute atomic E-state index is 6.27. The van der Waals surface area contributed by atoms with Gasteiger partial charge in [-0.25, -0.2) is 0 Å². The standard InChI is InChI=1S/C18H31N3/c1-3-10-21(14-17-11-16(2)12-20-13-17)18(15-19)8-6-4-5-7-9-18/h11-13H,3-10,14-15,19H2,1-2H3. The van der Waals surface area contributed by atoms with Crippen LogP contribution in [0, 0.1) is 6.92 Å². The Labute approximate surface area is 129 Å². The number of nitrogens with zero attached hydrogens (tertiary/aromatic N) is 2. The van der Waals surface area contributed by atoms with Gasteiger partial charge in [-0.2, -0.15) is 0 Å². The van der Waals surface area contributed by atoms with Crippen molar-refractivity contribution in [3.8, 4) is 0 Å². The zero-order chi connectivity index (χ0) is 15.1. The van der Waals surface area contributed by atoms with E-state index in [4.69, 9.17) is 5.73 Å². The van der Waals surface area contributed by atoms with Crippen molar-refractivity contribution >= 4 is 0 Å². The second-order valence-corrected chi connectivity index (χ2v) is 6.63. The number of rotatable bonds is 6. The molecule has 2 rings (SSSR count). The second kappa shape index (κ2) is 7.90. The fraction of sp³-hybridized carbons (Fsp3) is 0.722. The van der Waals surface area contributed by atoms with Gasteiger partial charge in [-0.15, -0.1) is 0 Å². The highest BCUT2D eigenvalue weighted by Crippen LogP contribution is 2.33. The molecule has 0 atom stereocenters. The van der Waals surface area contributed by atoms with Crippen LogP contribution in [0.5, 0.6) is 0 Å². The lowest BCUT2D eigenvalue weighted by molar-refractivity contribution is 0.0696. The normalized spacial score (nSPS) is 18.7. The summed E-state index contributed by atoms with van der Waals surface area (Å²) in [6.45, 7) is 7.28. The molecule has 1 fully saturated rings. The third kappa shape index (κ3) is 4.27. The van der Waals surface area contributed by atoms with Crippen molar-refractivity contribution in [2.24, 2.45) is 5.73 Å². The van der Waals surface area contributed by atoms with Gasteiger partial charge in [0, 0.05) is 31.0 Å². The molecule has 0 spiro atoms. The van der Waals surface area contributed by atoms with Crippen molar-refractivity contribution in [2.75, 3.05) is 13.1 Å². The highest BCUT2D eigenvalue weighted by molar-refractivity contribution is 5.17. The fourth-order valence-corrected chi connectivity index (χ4v) is 3.71. The zero-order valence-corrected chi connectivity index (χ0v) is 13.8. The Hall–Kier alpha value is -0.930. The molecule has 1 heterocycles. The molecule has 118 valence electrons. The third-order valence-corrected chi connectivity index (χ3v) is 4.88. The summed E-state index contributed by atoms with van der Waals surface area (Å²) in [6, 6.07) is 2.26. The first kappa shape index (κ1) is 16.4. The second-order valence-electron chi connectivity index (χ2n) is 6.63. The minimum atomic E-state index is 0.205. The molecule has 2 N–H and O–H groups in total. The van der Waals surface area contributed by atoms with Crippen LogP contribution in [0.25, 0.3) is 0 Å². The van der Waals surface area contributed by atoms with Gasteiger partial charge in [-0.3, -0.25) is 9.88 Å². The van der Waals surface area contributed by atoms with Crippen molar-refractivity contribution in [3.63, 3.8) is 0 Å². The van der Waals surface area contributed by atoms with E-state index in [1.165, 1.54) is 56.1 Å². The summed E-state index contributed by atoms with van der Waals surface area (Å²) in [7, 11) is 0. The number of aryl methyl sites for hydroxylation is 1. The van der Waals surface area contributed by atoms with Gasteiger partial charge in [0.15, 0.2) is 0 Å². The summed E-state index contributed by atoms with van der Waals surface area (Å²) >= 11 is 0. The van der Waals surface area contributed by atoms with E-state index in [-0.39, 0.29) is 5.54 Å². The van der Waals surface area contributed by atoms with Gasteiger partial charge in [-0.05, 0) is 43.9 Å². The van der Waals surface area contributed by atoms with Crippen molar-refractivity contribution in [1.82, 2.24) is 9.88 Å². The monoisotopic (exact) mass is 289 g/mol. The third-order valence-electron chi connectivity index (χ3n) is 4.88. The van der Waals surface area contributed by atoms with Crippen molar-refractivity contribution in [1.29, 1.82) is 0 Å². The number of hydrogen-bond donors (Lipinski definition) is 1.